The minimum Gasteiger partial charge on any atom is -0.456 e. The second-order valence-electron chi connectivity index (χ2n) is 6.14. The quantitative estimate of drug-likeness (QED) is 0.638. The van der Waals surface area contributed by atoms with Crippen molar-refractivity contribution in [1.29, 1.82) is 0 Å². The van der Waals surface area contributed by atoms with Crippen molar-refractivity contribution in [1.82, 2.24) is 0 Å². The molecule has 0 spiro atoms. The third kappa shape index (κ3) is 4.72. The molecule has 1 atom stereocenters. The van der Waals surface area contributed by atoms with Gasteiger partial charge in [0.05, 0.1) is 5.92 Å². The maximum atomic E-state index is 12.0. The average molecular weight is 298 g/mol. The van der Waals surface area contributed by atoms with E-state index >= 15 is 0 Å². The lowest BCUT2D eigenvalue weighted by atomic mass is 9.81. The zero-order valence-electron chi connectivity index (χ0n) is 13.9. The summed E-state index contributed by atoms with van der Waals surface area (Å²) in [7, 11) is 0. The lowest BCUT2D eigenvalue weighted by Crippen LogP contribution is -2.41. The van der Waals surface area contributed by atoms with Crippen LogP contribution in [-0.2, 0) is 19.1 Å². The number of rotatable bonds is 8. The first-order valence-electron chi connectivity index (χ1n) is 8.37. The van der Waals surface area contributed by atoms with Gasteiger partial charge in [-0.1, -0.05) is 40.5 Å². The molecule has 0 heterocycles. The lowest BCUT2D eigenvalue weighted by Gasteiger charge is -2.37. The van der Waals surface area contributed by atoms with Crippen LogP contribution >= 0.6 is 0 Å². The third-order valence-corrected chi connectivity index (χ3v) is 4.96. The van der Waals surface area contributed by atoms with Crippen molar-refractivity contribution in [2.24, 2.45) is 11.8 Å². The van der Waals surface area contributed by atoms with Crippen LogP contribution in [0.4, 0.5) is 0 Å². The molecule has 0 aromatic heterocycles. The first-order chi connectivity index (χ1) is 9.99. The van der Waals surface area contributed by atoms with Gasteiger partial charge in [0, 0.05) is 0 Å². The number of hydrogen-bond acceptors (Lipinski definition) is 4. The minimum atomic E-state index is -0.415. The summed E-state index contributed by atoms with van der Waals surface area (Å²) in [5.74, 6) is -0.465. The van der Waals surface area contributed by atoms with Crippen LogP contribution in [0.3, 0.4) is 0 Å². The minimum absolute atomic E-state index is 0.172. The molecule has 1 unspecified atom stereocenters. The predicted molar refractivity (Wildman–Crippen MR) is 81.8 cm³/mol. The topological polar surface area (TPSA) is 52.6 Å². The number of hydrogen-bond donors (Lipinski definition) is 0. The standard InChI is InChI=1S/C17H30O4/c1-5-13(4)16(19)20-12-15(18)21-17(6-2,7-3)14-10-8-9-11-14/h13-14H,5-12H2,1-4H3. The van der Waals surface area contributed by atoms with Gasteiger partial charge >= 0.3 is 11.9 Å². The van der Waals surface area contributed by atoms with Crippen LogP contribution in [0.25, 0.3) is 0 Å². The molecule has 0 aromatic rings. The monoisotopic (exact) mass is 298 g/mol. The molecule has 0 amide bonds. The molecule has 1 aliphatic rings. The largest absolute Gasteiger partial charge is 0.456 e. The molecular formula is C17H30O4. The molecule has 122 valence electrons. The summed E-state index contributed by atoms with van der Waals surface area (Å²) in [6.07, 6.45) is 7.03. The molecule has 1 fully saturated rings. The summed E-state index contributed by atoms with van der Waals surface area (Å²) in [5, 5.41) is 0. The molecule has 1 saturated carbocycles. The SMILES string of the molecule is CCC(C)C(=O)OCC(=O)OC(CC)(CC)C1CCCC1. The van der Waals surface area contributed by atoms with Crippen LogP contribution in [0, 0.1) is 11.8 Å². The predicted octanol–water partition coefficient (Wildman–Crippen LogP) is 3.87. The van der Waals surface area contributed by atoms with Crippen molar-refractivity contribution in [2.75, 3.05) is 6.61 Å². The van der Waals surface area contributed by atoms with E-state index in [1.807, 2.05) is 6.92 Å². The zero-order chi connectivity index (χ0) is 15.9. The molecular weight excluding hydrogens is 268 g/mol. The Bertz CT molecular complexity index is 341. The molecule has 1 aliphatic carbocycles. The van der Waals surface area contributed by atoms with E-state index in [-0.39, 0.29) is 24.1 Å². The van der Waals surface area contributed by atoms with Gasteiger partial charge in [-0.25, -0.2) is 4.79 Å². The van der Waals surface area contributed by atoms with Crippen molar-refractivity contribution in [3.05, 3.63) is 0 Å². The van der Waals surface area contributed by atoms with E-state index < -0.39 is 5.97 Å². The van der Waals surface area contributed by atoms with Gasteiger partial charge in [0.25, 0.3) is 0 Å². The second-order valence-corrected chi connectivity index (χ2v) is 6.14. The van der Waals surface area contributed by atoms with Gasteiger partial charge < -0.3 is 9.47 Å². The highest BCUT2D eigenvalue weighted by Crippen LogP contribution is 2.40. The first kappa shape index (κ1) is 18.0. The molecule has 0 aliphatic heterocycles. The Morgan fingerprint density at radius 3 is 2.19 bits per heavy atom. The van der Waals surface area contributed by atoms with E-state index in [0.29, 0.717) is 12.3 Å². The van der Waals surface area contributed by atoms with Crippen LogP contribution in [-0.4, -0.2) is 24.1 Å². The van der Waals surface area contributed by atoms with Crippen molar-refractivity contribution >= 4 is 11.9 Å². The van der Waals surface area contributed by atoms with Crippen molar-refractivity contribution in [3.8, 4) is 0 Å². The smallest absolute Gasteiger partial charge is 0.344 e. The number of ether oxygens (including phenoxy) is 2. The molecule has 0 saturated heterocycles. The highest BCUT2D eigenvalue weighted by Gasteiger charge is 2.40. The van der Waals surface area contributed by atoms with Crippen molar-refractivity contribution in [2.45, 2.75) is 78.2 Å². The van der Waals surface area contributed by atoms with Gasteiger partial charge in [-0.15, -0.1) is 0 Å². The number of esters is 2. The fourth-order valence-corrected chi connectivity index (χ4v) is 3.20. The van der Waals surface area contributed by atoms with Crippen LogP contribution in [0.2, 0.25) is 0 Å². The Morgan fingerprint density at radius 1 is 1.14 bits per heavy atom. The fourth-order valence-electron chi connectivity index (χ4n) is 3.20. The molecule has 0 N–H and O–H groups in total. The molecule has 4 heteroatoms. The van der Waals surface area contributed by atoms with Gasteiger partial charge in [0.1, 0.15) is 5.60 Å². The van der Waals surface area contributed by atoms with Crippen molar-refractivity contribution < 1.29 is 19.1 Å². The summed E-state index contributed by atoms with van der Waals surface area (Å²) >= 11 is 0. The Hall–Kier alpha value is -1.06. The Kier molecular flexibility index (Phi) is 7.20. The van der Waals surface area contributed by atoms with E-state index in [2.05, 4.69) is 13.8 Å². The average Bonchev–Trinajstić information content (AvgIpc) is 3.04. The van der Waals surface area contributed by atoms with Gasteiger partial charge in [-0.2, -0.15) is 0 Å². The van der Waals surface area contributed by atoms with Crippen LogP contribution in [0.1, 0.15) is 72.6 Å². The van der Waals surface area contributed by atoms with Crippen molar-refractivity contribution in [3.63, 3.8) is 0 Å². The van der Waals surface area contributed by atoms with E-state index in [1.54, 1.807) is 6.92 Å². The van der Waals surface area contributed by atoms with Gasteiger partial charge in [-0.3, -0.25) is 4.79 Å². The van der Waals surface area contributed by atoms with Gasteiger partial charge in [0.15, 0.2) is 6.61 Å². The van der Waals surface area contributed by atoms with E-state index in [1.165, 1.54) is 12.8 Å². The summed E-state index contributed by atoms with van der Waals surface area (Å²) < 4.78 is 10.8. The molecule has 0 radical (unpaired) electrons. The maximum Gasteiger partial charge on any atom is 0.344 e. The van der Waals surface area contributed by atoms with E-state index in [4.69, 9.17) is 9.47 Å². The molecule has 0 bridgehead atoms. The summed E-state index contributed by atoms with van der Waals surface area (Å²) in [6, 6.07) is 0. The maximum absolute atomic E-state index is 12.0. The van der Waals surface area contributed by atoms with Gasteiger partial charge in [-0.05, 0) is 38.0 Å². The van der Waals surface area contributed by atoms with Crippen LogP contribution in [0.15, 0.2) is 0 Å². The Morgan fingerprint density at radius 2 is 1.71 bits per heavy atom. The normalized spacial score (nSPS) is 17.5. The zero-order valence-corrected chi connectivity index (χ0v) is 13.9. The highest BCUT2D eigenvalue weighted by molar-refractivity contribution is 5.77. The van der Waals surface area contributed by atoms with E-state index in [9.17, 15) is 9.59 Å². The third-order valence-electron chi connectivity index (χ3n) is 4.96. The second kappa shape index (κ2) is 8.40. The van der Waals surface area contributed by atoms with Crippen LogP contribution < -0.4 is 0 Å². The lowest BCUT2D eigenvalue weighted by molar-refractivity contribution is -0.177. The number of carbonyl (C=O) groups excluding carboxylic acids is 2. The van der Waals surface area contributed by atoms with Crippen LogP contribution in [0.5, 0.6) is 0 Å². The molecule has 4 nitrogen and oxygen atoms in total. The van der Waals surface area contributed by atoms with Gasteiger partial charge in [0.2, 0.25) is 0 Å². The Balaban J connectivity index is 2.55. The summed E-state index contributed by atoms with van der Waals surface area (Å²) in [4.78, 5) is 23.7. The number of carbonyl (C=O) groups is 2. The first-order valence-corrected chi connectivity index (χ1v) is 8.37. The fraction of sp³-hybridized carbons (Fsp3) is 0.882. The Labute approximate surface area is 128 Å². The molecule has 0 aromatic carbocycles. The van der Waals surface area contributed by atoms with E-state index in [0.717, 1.165) is 25.7 Å². The summed E-state index contributed by atoms with van der Waals surface area (Å²) in [6.45, 7) is 7.59. The molecule has 21 heavy (non-hydrogen) atoms. The molecule has 1 rings (SSSR count). The highest BCUT2D eigenvalue weighted by atomic mass is 16.6. The summed E-state index contributed by atoms with van der Waals surface area (Å²) in [5.41, 5.74) is -0.379.